The summed E-state index contributed by atoms with van der Waals surface area (Å²) in [7, 11) is 0. The highest BCUT2D eigenvalue weighted by Gasteiger charge is 2.33. The molecule has 0 aromatic heterocycles. The molecule has 1 aromatic carbocycles. The van der Waals surface area contributed by atoms with E-state index >= 15 is 0 Å². The van der Waals surface area contributed by atoms with Crippen molar-refractivity contribution in [1.82, 2.24) is 0 Å². The van der Waals surface area contributed by atoms with Gasteiger partial charge in [0.15, 0.2) is 5.78 Å². The molecular weight excluding hydrogens is 460 g/mol. The van der Waals surface area contributed by atoms with Gasteiger partial charge in [-0.2, -0.15) is 0 Å². The fourth-order valence-corrected chi connectivity index (χ4v) is 5.82. The van der Waals surface area contributed by atoms with Crippen LogP contribution in [0.2, 0.25) is 0 Å². The Hall–Kier alpha value is -2.10. The van der Waals surface area contributed by atoms with Gasteiger partial charge in [-0.05, 0) is 67.1 Å². The molecule has 3 atom stereocenters. The third-order valence-corrected chi connectivity index (χ3v) is 7.18. The fourth-order valence-electron chi connectivity index (χ4n) is 5.82. The maximum absolute atomic E-state index is 13.2. The Morgan fingerprint density at radius 3 is 2.16 bits per heavy atom. The Kier molecular flexibility index (Phi) is 13.7. The van der Waals surface area contributed by atoms with Crippen molar-refractivity contribution >= 4 is 23.1 Å². The summed E-state index contributed by atoms with van der Waals surface area (Å²) in [6.07, 6.45) is 6.98. The predicted molar refractivity (Wildman–Crippen MR) is 153 cm³/mol. The second-order valence-electron chi connectivity index (χ2n) is 12.4. The smallest absolute Gasteiger partial charge is 0.163 e. The van der Waals surface area contributed by atoms with Crippen molar-refractivity contribution in [2.24, 2.45) is 23.2 Å². The zero-order valence-corrected chi connectivity index (χ0v) is 25.1. The molecule has 2 rings (SSSR count). The van der Waals surface area contributed by atoms with Crippen molar-refractivity contribution < 1.29 is 19.2 Å². The second-order valence-corrected chi connectivity index (χ2v) is 12.4. The fraction of sp³-hybridized carbons (Fsp3) is 0.697. The average Bonchev–Trinajstić information content (AvgIpc) is 2.75. The van der Waals surface area contributed by atoms with Gasteiger partial charge in [-0.1, -0.05) is 79.9 Å². The van der Waals surface area contributed by atoms with Crippen LogP contribution in [-0.4, -0.2) is 23.1 Å². The molecule has 0 bridgehead atoms. The molecule has 0 saturated heterocycles. The van der Waals surface area contributed by atoms with Crippen LogP contribution in [-0.2, 0) is 27.2 Å². The van der Waals surface area contributed by atoms with E-state index in [1.165, 1.54) is 13.3 Å². The largest absolute Gasteiger partial charge is 0.300 e. The van der Waals surface area contributed by atoms with Gasteiger partial charge in [0.2, 0.25) is 0 Å². The molecule has 3 unspecified atom stereocenters. The topological polar surface area (TPSA) is 68.3 Å². The highest BCUT2D eigenvalue weighted by Crippen LogP contribution is 2.37. The third-order valence-electron chi connectivity index (χ3n) is 7.18. The molecule has 0 saturated carbocycles. The molecule has 0 aliphatic heterocycles. The number of hydrogen-bond donors (Lipinski definition) is 0. The molecule has 1 aromatic rings. The molecule has 0 fully saturated rings. The predicted octanol–water partition coefficient (Wildman–Crippen LogP) is 8.09. The van der Waals surface area contributed by atoms with E-state index in [2.05, 4.69) is 41.5 Å². The van der Waals surface area contributed by atoms with E-state index in [4.69, 9.17) is 0 Å². The van der Waals surface area contributed by atoms with Crippen LogP contribution in [0.25, 0.3) is 0 Å². The van der Waals surface area contributed by atoms with Gasteiger partial charge in [0.1, 0.15) is 17.3 Å². The molecule has 0 amide bonds. The number of rotatable bonds is 12. The van der Waals surface area contributed by atoms with Crippen molar-refractivity contribution in [2.45, 2.75) is 127 Å². The summed E-state index contributed by atoms with van der Waals surface area (Å²) < 4.78 is 0. The molecule has 0 N–H and O–H groups in total. The van der Waals surface area contributed by atoms with Crippen LogP contribution in [0.15, 0.2) is 12.1 Å². The van der Waals surface area contributed by atoms with Crippen molar-refractivity contribution in [3.8, 4) is 0 Å². The maximum Gasteiger partial charge on any atom is 0.163 e. The van der Waals surface area contributed by atoms with Gasteiger partial charge in [0.25, 0.3) is 0 Å². The number of benzene rings is 1. The second kappa shape index (κ2) is 15.3. The van der Waals surface area contributed by atoms with Crippen LogP contribution in [0.5, 0.6) is 0 Å². The van der Waals surface area contributed by atoms with Gasteiger partial charge in [-0.25, -0.2) is 0 Å². The monoisotopic (exact) mass is 512 g/mol. The Balaban J connectivity index is 0.00000217. The maximum atomic E-state index is 13.2. The SMILES string of the molecule is CCC.CCCC(CC1CC(=O)c2c(ccc(CC(=O)CC(C)(C)C)c2C)C1)C(CC)C(=O)CC(C)=O. The first-order valence-electron chi connectivity index (χ1n) is 14.5. The van der Waals surface area contributed by atoms with Gasteiger partial charge in [0.05, 0.1) is 6.42 Å². The summed E-state index contributed by atoms with van der Waals surface area (Å²) in [6, 6.07) is 4.07. The van der Waals surface area contributed by atoms with Crippen LogP contribution in [0.1, 0.15) is 134 Å². The summed E-state index contributed by atoms with van der Waals surface area (Å²) in [4.78, 5) is 50.1. The molecule has 0 spiro atoms. The minimum atomic E-state index is -0.113. The lowest BCUT2D eigenvalue weighted by atomic mass is 9.71. The molecule has 0 heterocycles. The van der Waals surface area contributed by atoms with Gasteiger partial charge in [-0.15, -0.1) is 0 Å². The zero-order chi connectivity index (χ0) is 28.3. The minimum absolute atomic E-state index is 0.0149. The molecule has 4 heteroatoms. The van der Waals surface area contributed by atoms with E-state index < -0.39 is 0 Å². The highest BCUT2D eigenvalue weighted by molar-refractivity contribution is 6.01. The quantitative estimate of drug-likeness (QED) is 0.265. The van der Waals surface area contributed by atoms with Crippen LogP contribution in [0.4, 0.5) is 0 Å². The van der Waals surface area contributed by atoms with Gasteiger partial charge in [0, 0.05) is 30.7 Å². The van der Waals surface area contributed by atoms with Gasteiger partial charge in [-0.3, -0.25) is 19.2 Å². The highest BCUT2D eigenvalue weighted by atomic mass is 16.1. The van der Waals surface area contributed by atoms with Gasteiger partial charge < -0.3 is 0 Å². The zero-order valence-electron chi connectivity index (χ0n) is 25.1. The first kappa shape index (κ1) is 32.9. The molecule has 1 aliphatic rings. The number of ketones is 4. The molecule has 208 valence electrons. The normalized spacial score (nSPS) is 16.8. The summed E-state index contributed by atoms with van der Waals surface area (Å²) in [5.74, 6) is 0.648. The summed E-state index contributed by atoms with van der Waals surface area (Å²) in [5.41, 5.74) is 3.76. The Morgan fingerprint density at radius 2 is 1.65 bits per heavy atom. The first-order chi connectivity index (χ1) is 17.3. The molecule has 37 heavy (non-hydrogen) atoms. The van der Waals surface area contributed by atoms with E-state index in [0.717, 1.165) is 54.4 Å². The first-order valence-corrected chi connectivity index (χ1v) is 14.5. The average molecular weight is 513 g/mol. The van der Waals surface area contributed by atoms with E-state index in [1.807, 2.05) is 26.0 Å². The molecule has 0 radical (unpaired) electrons. The standard InChI is InChI=1S/C30H44O4.C3H8/c1-8-10-23(26(9-2)27(33)13-19(3)31)14-21-15-24-12-11-22(17-25(32)18-30(5,6)7)20(4)29(24)28(34)16-21;1-3-2/h11-12,21,23,26H,8-10,13-18H2,1-7H3;3H2,1-2H3. The van der Waals surface area contributed by atoms with E-state index in [-0.39, 0.29) is 52.7 Å². The van der Waals surface area contributed by atoms with Crippen molar-refractivity contribution in [2.75, 3.05) is 0 Å². The Morgan fingerprint density at radius 1 is 1.03 bits per heavy atom. The van der Waals surface area contributed by atoms with Crippen LogP contribution in [0, 0.1) is 30.1 Å². The summed E-state index contributed by atoms with van der Waals surface area (Å²) in [6.45, 7) is 18.1. The van der Waals surface area contributed by atoms with Crippen LogP contribution in [0.3, 0.4) is 0 Å². The molecular formula is C33H52O4. The lowest BCUT2D eigenvalue weighted by Crippen LogP contribution is -2.30. The van der Waals surface area contributed by atoms with Crippen LogP contribution >= 0.6 is 0 Å². The van der Waals surface area contributed by atoms with E-state index in [1.54, 1.807) is 0 Å². The minimum Gasteiger partial charge on any atom is -0.300 e. The lowest BCUT2D eigenvalue weighted by molar-refractivity contribution is -0.130. The molecule has 1 aliphatic carbocycles. The summed E-state index contributed by atoms with van der Waals surface area (Å²) >= 11 is 0. The van der Waals surface area contributed by atoms with Crippen molar-refractivity contribution in [3.63, 3.8) is 0 Å². The molecule has 4 nitrogen and oxygen atoms in total. The Bertz CT molecular complexity index is 934. The third kappa shape index (κ3) is 10.7. The van der Waals surface area contributed by atoms with Crippen LogP contribution < -0.4 is 0 Å². The number of Topliss-reactive ketones (excluding diaryl/α,β-unsaturated/α-hetero) is 4. The Labute approximate surface area is 226 Å². The van der Waals surface area contributed by atoms with Gasteiger partial charge >= 0.3 is 0 Å². The number of carbonyl (C=O) groups excluding carboxylic acids is 4. The number of fused-ring (bicyclic) bond motifs is 1. The summed E-state index contributed by atoms with van der Waals surface area (Å²) in [5, 5.41) is 0. The van der Waals surface area contributed by atoms with Crippen molar-refractivity contribution in [1.29, 1.82) is 0 Å². The number of hydrogen-bond acceptors (Lipinski definition) is 4. The van der Waals surface area contributed by atoms with Crippen molar-refractivity contribution in [3.05, 3.63) is 34.4 Å². The van der Waals surface area contributed by atoms with E-state index in [9.17, 15) is 19.2 Å². The number of carbonyl (C=O) groups is 4. The van der Waals surface area contributed by atoms with E-state index in [0.29, 0.717) is 19.3 Å². The lowest BCUT2D eigenvalue weighted by Gasteiger charge is -2.32.